The molecular formula is C7H11N2O4P. The number of hydrogen-bond acceptors (Lipinski definition) is 5. The number of aromatic nitrogens is 2. The smallest absolute Gasteiger partial charge is 0.312 e. The first kappa shape index (κ1) is 11.1. The van der Waals surface area contributed by atoms with E-state index < -0.39 is 13.3 Å². The van der Waals surface area contributed by atoms with Crippen molar-refractivity contribution in [1.82, 2.24) is 9.97 Å². The van der Waals surface area contributed by atoms with Gasteiger partial charge < -0.3 is 14.0 Å². The van der Waals surface area contributed by atoms with Crippen LogP contribution in [0.3, 0.4) is 0 Å². The van der Waals surface area contributed by atoms with Crippen LogP contribution in [-0.2, 0) is 19.8 Å². The van der Waals surface area contributed by atoms with Gasteiger partial charge in [-0.3, -0.25) is 4.57 Å². The minimum atomic E-state index is -3.12. The van der Waals surface area contributed by atoms with Crippen molar-refractivity contribution < 1.29 is 13.6 Å². The maximum atomic E-state index is 11.6. The molecule has 1 heterocycles. The molecule has 0 aliphatic rings. The molecule has 0 saturated heterocycles. The van der Waals surface area contributed by atoms with Crippen molar-refractivity contribution in [3.05, 3.63) is 28.4 Å². The Labute approximate surface area is 80.8 Å². The fourth-order valence-electron chi connectivity index (χ4n) is 0.911. The van der Waals surface area contributed by atoms with E-state index in [1.807, 2.05) is 0 Å². The topological polar surface area (TPSA) is 81.3 Å². The molecule has 0 radical (unpaired) electrons. The SMILES string of the molecule is COP(=O)(Cc1ccnc(=O)[nH]1)OC. The van der Waals surface area contributed by atoms with E-state index >= 15 is 0 Å². The van der Waals surface area contributed by atoms with Crippen molar-refractivity contribution in [2.45, 2.75) is 6.16 Å². The zero-order valence-corrected chi connectivity index (χ0v) is 8.78. The summed E-state index contributed by atoms with van der Waals surface area (Å²) in [6.45, 7) is 0. The van der Waals surface area contributed by atoms with Gasteiger partial charge in [0.1, 0.15) is 0 Å². The molecule has 1 N–H and O–H groups in total. The van der Waals surface area contributed by atoms with Crippen molar-refractivity contribution in [1.29, 1.82) is 0 Å². The van der Waals surface area contributed by atoms with Crippen LogP contribution in [0.5, 0.6) is 0 Å². The largest absolute Gasteiger partial charge is 0.345 e. The lowest BCUT2D eigenvalue weighted by Crippen LogP contribution is -2.11. The molecule has 1 aromatic rings. The van der Waals surface area contributed by atoms with Gasteiger partial charge in [0.15, 0.2) is 0 Å². The molecule has 1 rings (SSSR count). The van der Waals surface area contributed by atoms with Crippen LogP contribution in [-0.4, -0.2) is 24.2 Å². The zero-order chi connectivity index (χ0) is 10.6. The Morgan fingerprint density at radius 3 is 2.64 bits per heavy atom. The summed E-state index contributed by atoms with van der Waals surface area (Å²) in [7, 11) is -0.530. The standard InChI is InChI=1S/C7H11N2O4P/c1-12-14(11,13-2)5-6-3-4-8-7(10)9-6/h3-4H,5H2,1-2H3,(H,8,9,10). The van der Waals surface area contributed by atoms with Gasteiger partial charge in [0.05, 0.1) is 6.16 Å². The first-order valence-electron chi connectivity index (χ1n) is 3.84. The van der Waals surface area contributed by atoms with E-state index in [9.17, 15) is 9.36 Å². The number of nitrogens with zero attached hydrogens (tertiary/aromatic N) is 1. The average Bonchev–Trinajstić information content (AvgIpc) is 2.18. The van der Waals surface area contributed by atoms with Crippen molar-refractivity contribution in [3.8, 4) is 0 Å². The van der Waals surface area contributed by atoms with Gasteiger partial charge >= 0.3 is 13.3 Å². The summed E-state index contributed by atoms with van der Waals surface area (Å²) in [6, 6.07) is 1.55. The van der Waals surface area contributed by atoms with Gasteiger partial charge in [0.2, 0.25) is 0 Å². The Balaban J connectivity index is 2.88. The predicted octanol–water partition coefficient (Wildman–Crippen LogP) is 0.756. The van der Waals surface area contributed by atoms with Crippen LogP contribution in [0.4, 0.5) is 0 Å². The molecule has 0 aromatic carbocycles. The first-order chi connectivity index (χ1) is 6.59. The predicted molar refractivity (Wildman–Crippen MR) is 50.2 cm³/mol. The highest BCUT2D eigenvalue weighted by atomic mass is 31.2. The van der Waals surface area contributed by atoms with Crippen LogP contribution in [0.25, 0.3) is 0 Å². The van der Waals surface area contributed by atoms with Gasteiger partial charge in [-0.2, -0.15) is 0 Å². The molecule has 0 spiro atoms. The van der Waals surface area contributed by atoms with Crippen LogP contribution >= 0.6 is 7.60 Å². The fourth-order valence-corrected chi connectivity index (χ4v) is 1.92. The van der Waals surface area contributed by atoms with Crippen molar-refractivity contribution >= 4 is 7.60 Å². The monoisotopic (exact) mass is 218 g/mol. The quantitative estimate of drug-likeness (QED) is 0.754. The molecule has 6 nitrogen and oxygen atoms in total. The molecule has 0 unspecified atom stereocenters. The molecule has 0 amide bonds. The summed E-state index contributed by atoms with van der Waals surface area (Å²) in [6.07, 6.45) is 1.36. The lowest BCUT2D eigenvalue weighted by atomic mass is 10.5. The van der Waals surface area contributed by atoms with Crippen LogP contribution in [0.2, 0.25) is 0 Å². The third-order valence-electron chi connectivity index (χ3n) is 1.66. The summed E-state index contributed by atoms with van der Waals surface area (Å²) in [5.74, 6) is 0. The summed E-state index contributed by atoms with van der Waals surface area (Å²) in [4.78, 5) is 16.7. The Kier molecular flexibility index (Phi) is 3.57. The minimum absolute atomic E-state index is 0.0256. The van der Waals surface area contributed by atoms with Gasteiger partial charge in [0.25, 0.3) is 0 Å². The molecule has 0 bridgehead atoms. The molecule has 14 heavy (non-hydrogen) atoms. The second-order valence-corrected chi connectivity index (χ2v) is 4.80. The van der Waals surface area contributed by atoms with Gasteiger partial charge in [-0.25, -0.2) is 9.78 Å². The summed E-state index contributed by atoms with van der Waals surface area (Å²) in [5.41, 5.74) is -0.0155. The molecule has 7 heteroatoms. The molecule has 0 aliphatic carbocycles. The number of hydrogen-bond donors (Lipinski definition) is 1. The highest BCUT2D eigenvalue weighted by molar-refractivity contribution is 7.52. The second-order valence-electron chi connectivity index (χ2n) is 2.53. The van der Waals surface area contributed by atoms with Crippen LogP contribution < -0.4 is 5.69 Å². The van der Waals surface area contributed by atoms with Gasteiger partial charge in [0, 0.05) is 26.1 Å². The number of rotatable bonds is 4. The third kappa shape index (κ3) is 2.77. The lowest BCUT2D eigenvalue weighted by Gasteiger charge is -2.12. The van der Waals surface area contributed by atoms with Crippen molar-refractivity contribution in [3.63, 3.8) is 0 Å². The molecular weight excluding hydrogens is 207 g/mol. The van der Waals surface area contributed by atoms with Crippen LogP contribution in [0.15, 0.2) is 17.1 Å². The van der Waals surface area contributed by atoms with E-state index in [0.717, 1.165) is 0 Å². The van der Waals surface area contributed by atoms with Crippen LogP contribution in [0, 0.1) is 0 Å². The maximum Gasteiger partial charge on any atom is 0.345 e. The normalized spacial score (nSPS) is 11.6. The van der Waals surface area contributed by atoms with Gasteiger partial charge in [-0.15, -0.1) is 0 Å². The van der Waals surface area contributed by atoms with Crippen molar-refractivity contribution in [2.24, 2.45) is 0 Å². The fraction of sp³-hybridized carbons (Fsp3) is 0.429. The molecule has 78 valence electrons. The minimum Gasteiger partial charge on any atom is -0.312 e. The Hall–Kier alpha value is -0.970. The summed E-state index contributed by atoms with van der Waals surface area (Å²) < 4.78 is 21.1. The zero-order valence-electron chi connectivity index (χ0n) is 7.89. The molecule has 0 fully saturated rings. The Morgan fingerprint density at radius 1 is 1.50 bits per heavy atom. The highest BCUT2D eigenvalue weighted by Crippen LogP contribution is 2.49. The Bertz CT molecular complexity index is 395. The molecule has 0 aliphatic heterocycles. The van der Waals surface area contributed by atoms with Crippen molar-refractivity contribution in [2.75, 3.05) is 14.2 Å². The maximum absolute atomic E-state index is 11.6. The number of nitrogens with one attached hydrogen (secondary N) is 1. The lowest BCUT2D eigenvalue weighted by molar-refractivity contribution is 0.274. The first-order valence-corrected chi connectivity index (χ1v) is 5.57. The summed E-state index contributed by atoms with van der Waals surface area (Å²) >= 11 is 0. The average molecular weight is 218 g/mol. The van der Waals surface area contributed by atoms with E-state index in [1.165, 1.54) is 20.4 Å². The third-order valence-corrected chi connectivity index (χ3v) is 3.50. The van der Waals surface area contributed by atoms with Gasteiger partial charge in [-0.1, -0.05) is 0 Å². The molecule has 1 aromatic heterocycles. The molecule has 0 saturated carbocycles. The second kappa shape index (κ2) is 4.50. The number of H-pyrrole nitrogens is 1. The van der Waals surface area contributed by atoms with E-state index in [-0.39, 0.29) is 6.16 Å². The number of aromatic amines is 1. The van der Waals surface area contributed by atoms with Crippen LogP contribution in [0.1, 0.15) is 5.69 Å². The van der Waals surface area contributed by atoms with E-state index in [1.54, 1.807) is 6.07 Å². The Morgan fingerprint density at radius 2 is 2.14 bits per heavy atom. The van der Waals surface area contributed by atoms with E-state index in [0.29, 0.717) is 5.69 Å². The van der Waals surface area contributed by atoms with Gasteiger partial charge in [-0.05, 0) is 6.07 Å². The summed E-state index contributed by atoms with van der Waals surface area (Å²) in [5, 5.41) is 0. The molecule has 0 atom stereocenters. The van der Waals surface area contributed by atoms with E-state index in [2.05, 4.69) is 9.97 Å². The highest BCUT2D eigenvalue weighted by Gasteiger charge is 2.21. The van der Waals surface area contributed by atoms with E-state index in [4.69, 9.17) is 9.05 Å².